The summed E-state index contributed by atoms with van der Waals surface area (Å²) in [6, 6.07) is 12.1. The van der Waals surface area contributed by atoms with Crippen LogP contribution in [0.15, 0.2) is 58.3 Å². The van der Waals surface area contributed by atoms with Crippen molar-refractivity contribution in [3.8, 4) is 5.75 Å². The van der Waals surface area contributed by atoms with E-state index in [0.717, 1.165) is 29.8 Å². The lowest BCUT2D eigenvalue weighted by atomic mass is 9.80. The molecule has 2 aromatic carbocycles. The highest BCUT2D eigenvalue weighted by Crippen LogP contribution is 2.34. The van der Waals surface area contributed by atoms with Gasteiger partial charge in [-0.2, -0.15) is 0 Å². The summed E-state index contributed by atoms with van der Waals surface area (Å²) in [5, 5.41) is 6.73. The summed E-state index contributed by atoms with van der Waals surface area (Å²) in [6.45, 7) is 2.93. The van der Waals surface area contributed by atoms with Crippen LogP contribution in [-0.2, 0) is 29.3 Å². The van der Waals surface area contributed by atoms with Gasteiger partial charge in [0.15, 0.2) is 11.6 Å². The molecule has 0 bridgehead atoms. The first-order valence-electron chi connectivity index (χ1n) is 14.3. The van der Waals surface area contributed by atoms with Crippen molar-refractivity contribution in [3.63, 3.8) is 0 Å². The summed E-state index contributed by atoms with van der Waals surface area (Å²) < 4.78 is 46.1. The fraction of sp³-hybridized carbons (Fsp3) is 0.452. The van der Waals surface area contributed by atoms with E-state index in [1.165, 1.54) is 81.7 Å². The second-order valence-electron chi connectivity index (χ2n) is 11.0. The molecule has 9 heteroatoms. The molecule has 1 saturated carbocycles. The third-order valence-corrected chi connectivity index (χ3v) is 9.96. The second kappa shape index (κ2) is 12.1. The van der Waals surface area contributed by atoms with Crippen LogP contribution in [0.5, 0.6) is 5.75 Å². The molecule has 40 heavy (non-hydrogen) atoms. The first-order valence-corrected chi connectivity index (χ1v) is 15.8. The summed E-state index contributed by atoms with van der Waals surface area (Å²) in [5.74, 6) is -1.20. The van der Waals surface area contributed by atoms with Gasteiger partial charge in [0, 0.05) is 30.7 Å². The summed E-state index contributed by atoms with van der Waals surface area (Å²) in [4.78, 5) is 15.9. The minimum atomic E-state index is -4.07. The maximum atomic E-state index is 14.8. The lowest BCUT2D eigenvalue weighted by Crippen LogP contribution is -2.49. The molecule has 214 valence electrons. The van der Waals surface area contributed by atoms with Crippen molar-refractivity contribution in [2.75, 3.05) is 6.61 Å². The molecule has 5 rings (SSSR count). The minimum Gasteiger partial charge on any atom is -0.491 e. The van der Waals surface area contributed by atoms with E-state index in [-0.39, 0.29) is 35.2 Å². The lowest BCUT2D eigenvalue weighted by molar-refractivity contribution is 0.0946. The number of hydrogen-bond donors (Lipinski definition) is 3. The molecule has 0 saturated heterocycles. The van der Waals surface area contributed by atoms with Crippen molar-refractivity contribution < 1.29 is 22.3 Å². The van der Waals surface area contributed by atoms with Gasteiger partial charge in [-0.25, -0.2) is 12.8 Å². The lowest BCUT2D eigenvalue weighted by Gasteiger charge is -2.38. The van der Waals surface area contributed by atoms with Gasteiger partial charge in [0.05, 0.1) is 11.5 Å². The maximum absolute atomic E-state index is 14.8. The molecule has 0 atom stereocenters. The molecule has 0 unspecified atom stereocenters. The van der Waals surface area contributed by atoms with Gasteiger partial charge in [-0.05, 0) is 61.2 Å². The first kappa shape index (κ1) is 28.4. The number of nitrogens with one attached hydrogen (secondary N) is 3. The molecule has 7 nitrogen and oxygen atoms in total. The Morgan fingerprint density at radius 1 is 1.02 bits per heavy atom. The fourth-order valence-electron chi connectivity index (χ4n) is 5.93. The standard InChI is InChI=1S/C31H38FN3O4S/c1-2-39-27-10-9-11-28(29(27)32)40(37,38)24-14-12-22(13-15-24)20-33-30(36)25-18-23-21-34-31(19-26(23)35-25)16-7-5-3-4-6-8-17-31/h9-15,18,34-35H,2-8,16-17,19-21H2,1H3,(H,33,36). The molecule has 0 radical (unpaired) electrons. The third kappa shape index (κ3) is 6.10. The van der Waals surface area contributed by atoms with E-state index in [0.29, 0.717) is 5.69 Å². The summed E-state index contributed by atoms with van der Waals surface area (Å²) in [5.41, 5.74) is 3.68. The number of halogens is 1. The van der Waals surface area contributed by atoms with Crippen LogP contribution in [-0.4, -0.2) is 31.5 Å². The second-order valence-corrected chi connectivity index (χ2v) is 12.9. The number of sulfone groups is 1. The van der Waals surface area contributed by atoms with Crippen LogP contribution < -0.4 is 15.4 Å². The molecule has 3 aromatic rings. The molecule has 1 fully saturated rings. The van der Waals surface area contributed by atoms with Gasteiger partial charge in [0.1, 0.15) is 10.6 Å². The van der Waals surface area contributed by atoms with Crippen LogP contribution >= 0.6 is 0 Å². The topological polar surface area (TPSA) is 100 Å². The van der Waals surface area contributed by atoms with E-state index in [2.05, 4.69) is 15.6 Å². The Hall–Kier alpha value is -3.17. The third-order valence-electron chi connectivity index (χ3n) is 8.17. The average Bonchev–Trinajstić information content (AvgIpc) is 3.41. The van der Waals surface area contributed by atoms with Crippen LogP contribution in [0.3, 0.4) is 0 Å². The van der Waals surface area contributed by atoms with Gasteiger partial charge in [0.25, 0.3) is 5.91 Å². The van der Waals surface area contributed by atoms with E-state index in [1.54, 1.807) is 19.1 Å². The Morgan fingerprint density at radius 2 is 1.73 bits per heavy atom. The molecular weight excluding hydrogens is 529 g/mol. The molecule has 1 spiro atoms. The van der Waals surface area contributed by atoms with E-state index in [4.69, 9.17) is 4.74 Å². The molecule has 3 N–H and O–H groups in total. The highest BCUT2D eigenvalue weighted by molar-refractivity contribution is 7.91. The van der Waals surface area contributed by atoms with Crippen molar-refractivity contribution in [2.24, 2.45) is 0 Å². The van der Waals surface area contributed by atoms with Gasteiger partial charge in [-0.1, -0.05) is 56.7 Å². The van der Waals surface area contributed by atoms with Gasteiger partial charge < -0.3 is 20.4 Å². The molecule has 1 aromatic heterocycles. The van der Waals surface area contributed by atoms with E-state index >= 15 is 0 Å². The number of hydrogen-bond acceptors (Lipinski definition) is 5. The van der Waals surface area contributed by atoms with Crippen molar-refractivity contribution in [2.45, 2.75) is 93.1 Å². The smallest absolute Gasteiger partial charge is 0.267 e. The minimum absolute atomic E-state index is 0.0292. The zero-order valence-corrected chi connectivity index (χ0v) is 23.8. The predicted octanol–water partition coefficient (Wildman–Crippen LogP) is 5.83. The number of fused-ring (bicyclic) bond motifs is 1. The van der Waals surface area contributed by atoms with Crippen molar-refractivity contribution in [1.82, 2.24) is 15.6 Å². The SMILES string of the molecule is CCOc1cccc(S(=O)(=O)c2ccc(CNC(=O)c3cc4c([nH]3)CC3(CCCCCCCC3)NC4)cc2)c1F. The number of aromatic nitrogens is 1. The number of ether oxygens (including phenoxy) is 1. The molecule has 1 amide bonds. The summed E-state index contributed by atoms with van der Waals surface area (Å²) >= 11 is 0. The Balaban J connectivity index is 1.22. The van der Waals surface area contributed by atoms with Crippen LogP contribution in [0.25, 0.3) is 0 Å². The quantitative estimate of drug-likeness (QED) is 0.333. The maximum Gasteiger partial charge on any atom is 0.267 e. The monoisotopic (exact) mass is 567 g/mol. The highest BCUT2D eigenvalue weighted by Gasteiger charge is 2.35. The van der Waals surface area contributed by atoms with E-state index < -0.39 is 20.5 Å². The van der Waals surface area contributed by atoms with Crippen LogP contribution in [0.1, 0.15) is 85.6 Å². The Kier molecular flexibility index (Phi) is 8.61. The first-order chi connectivity index (χ1) is 19.3. The number of H-pyrrole nitrogens is 1. The Labute approximate surface area is 235 Å². The summed E-state index contributed by atoms with van der Waals surface area (Å²) in [6.07, 6.45) is 11.0. The van der Waals surface area contributed by atoms with Crippen molar-refractivity contribution in [1.29, 1.82) is 0 Å². The zero-order chi connectivity index (χ0) is 28.2. The average molecular weight is 568 g/mol. The van der Waals surface area contributed by atoms with E-state index in [1.807, 2.05) is 6.07 Å². The number of carbonyl (C=O) groups is 1. The molecule has 1 aliphatic carbocycles. The Morgan fingerprint density at radius 3 is 2.42 bits per heavy atom. The molecule has 2 heterocycles. The van der Waals surface area contributed by atoms with E-state index in [9.17, 15) is 17.6 Å². The van der Waals surface area contributed by atoms with Crippen LogP contribution in [0.2, 0.25) is 0 Å². The molecule has 1 aliphatic heterocycles. The predicted molar refractivity (Wildman–Crippen MR) is 152 cm³/mol. The van der Waals surface area contributed by atoms with Gasteiger partial charge in [0.2, 0.25) is 9.84 Å². The zero-order valence-electron chi connectivity index (χ0n) is 23.0. The van der Waals surface area contributed by atoms with Gasteiger partial charge in [-0.15, -0.1) is 0 Å². The largest absolute Gasteiger partial charge is 0.491 e. The number of benzene rings is 2. The molecule has 2 aliphatic rings. The fourth-order valence-corrected chi connectivity index (χ4v) is 7.27. The summed E-state index contributed by atoms with van der Waals surface area (Å²) in [7, 11) is -4.07. The van der Waals surface area contributed by atoms with Crippen molar-refractivity contribution in [3.05, 3.63) is 76.9 Å². The number of amides is 1. The normalized spacial score (nSPS) is 17.4. The number of carbonyl (C=O) groups excluding carboxylic acids is 1. The Bertz CT molecular complexity index is 1440. The van der Waals surface area contributed by atoms with Crippen molar-refractivity contribution >= 4 is 15.7 Å². The molecular formula is C31H38FN3O4S. The van der Waals surface area contributed by atoms with Crippen LogP contribution in [0, 0.1) is 5.82 Å². The highest BCUT2D eigenvalue weighted by atomic mass is 32.2. The number of aromatic amines is 1. The van der Waals surface area contributed by atoms with Crippen LogP contribution in [0.4, 0.5) is 4.39 Å². The van der Waals surface area contributed by atoms with Gasteiger partial charge in [-0.3, -0.25) is 4.79 Å². The van der Waals surface area contributed by atoms with Gasteiger partial charge >= 0.3 is 0 Å². The number of rotatable bonds is 7.